The average Bonchev–Trinajstić information content (AvgIpc) is 2.68. The smallest absolute Gasteiger partial charge is 0.253 e. The molecule has 0 bridgehead atoms. The molecule has 1 aliphatic heterocycles. The second-order valence-corrected chi connectivity index (χ2v) is 7.11. The Kier molecular flexibility index (Phi) is 4.73. The lowest BCUT2D eigenvalue weighted by molar-refractivity contribution is 0.0595. The van der Waals surface area contributed by atoms with Crippen molar-refractivity contribution in [2.75, 3.05) is 13.1 Å². The summed E-state index contributed by atoms with van der Waals surface area (Å²) in [5, 5.41) is 0. The van der Waals surface area contributed by atoms with Crippen LogP contribution in [0.1, 0.15) is 47.2 Å². The Labute approximate surface area is 149 Å². The number of carbonyl (C=O) groups is 1. The van der Waals surface area contributed by atoms with Crippen LogP contribution in [0.15, 0.2) is 48.5 Å². The van der Waals surface area contributed by atoms with Crippen LogP contribution < -0.4 is 4.74 Å². The van der Waals surface area contributed by atoms with Gasteiger partial charge in [-0.05, 0) is 61.1 Å². The third-order valence-corrected chi connectivity index (χ3v) is 5.37. The molecule has 0 spiro atoms. The van der Waals surface area contributed by atoms with Crippen LogP contribution in [0.25, 0.3) is 0 Å². The summed E-state index contributed by atoms with van der Waals surface area (Å²) in [4.78, 5) is 14.8. The molecule has 1 amide bonds. The molecule has 1 aliphatic carbocycles. The fraction of sp³-hybridized carbons (Fsp3) is 0.409. The highest BCUT2D eigenvalue weighted by atomic mass is 16.5. The number of benzene rings is 2. The molecule has 3 heteroatoms. The van der Waals surface area contributed by atoms with E-state index in [0.29, 0.717) is 0 Å². The molecule has 1 fully saturated rings. The van der Waals surface area contributed by atoms with Gasteiger partial charge < -0.3 is 9.64 Å². The van der Waals surface area contributed by atoms with Gasteiger partial charge in [0.05, 0.1) is 0 Å². The predicted octanol–water partition coefficient (Wildman–Crippen LogP) is 4.25. The second kappa shape index (κ2) is 7.30. The Hall–Kier alpha value is -2.29. The van der Waals surface area contributed by atoms with Gasteiger partial charge in [-0.15, -0.1) is 0 Å². The van der Waals surface area contributed by atoms with Crippen molar-refractivity contribution in [3.8, 4) is 5.75 Å². The van der Waals surface area contributed by atoms with E-state index < -0.39 is 0 Å². The van der Waals surface area contributed by atoms with Gasteiger partial charge in [-0.1, -0.05) is 24.3 Å². The maximum atomic E-state index is 12.8. The van der Waals surface area contributed by atoms with Gasteiger partial charge in [-0.2, -0.15) is 0 Å². The molecule has 0 saturated carbocycles. The predicted molar refractivity (Wildman–Crippen MR) is 99.1 cm³/mol. The molecule has 1 heterocycles. The number of aryl methyl sites for hydroxylation is 2. The molecular formula is C22H25NO2. The number of carbonyl (C=O) groups excluding carboxylic acids is 1. The van der Waals surface area contributed by atoms with Crippen LogP contribution in [0.2, 0.25) is 0 Å². The fourth-order valence-electron chi connectivity index (χ4n) is 3.92. The molecule has 0 radical (unpaired) electrons. The Bertz CT molecular complexity index is 733. The molecule has 2 aromatic rings. The van der Waals surface area contributed by atoms with E-state index in [0.717, 1.165) is 50.1 Å². The summed E-state index contributed by atoms with van der Waals surface area (Å²) < 4.78 is 6.03. The number of fused-ring (bicyclic) bond motifs is 1. The molecule has 0 N–H and O–H groups in total. The number of rotatable bonds is 3. The van der Waals surface area contributed by atoms with Gasteiger partial charge in [0.25, 0.3) is 5.91 Å². The molecule has 4 rings (SSSR count). The Balaban J connectivity index is 1.36. The van der Waals surface area contributed by atoms with E-state index in [-0.39, 0.29) is 12.0 Å². The van der Waals surface area contributed by atoms with E-state index in [4.69, 9.17) is 4.74 Å². The summed E-state index contributed by atoms with van der Waals surface area (Å²) in [5.74, 6) is 1.09. The van der Waals surface area contributed by atoms with E-state index in [1.807, 2.05) is 41.3 Å². The normalized spacial score (nSPS) is 17.8. The second-order valence-electron chi connectivity index (χ2n) is 7.11. The number of hydrogen-bond acceptors (Lipinski definition) is 2. The molecule has 2 aromatic carbocycles. The summed E-state index contributed by atoms with van der Waals surface area (Å²) in [6.07, 6.45) is 6.78. The van der Waals surface area contributed by atoms with Crippen molar-refractivity contribution >= 4 is 5.91 Å². The summed E-state index contributed by atoms with van der Waals surface area (Å²) in [5.41, 5.74) is 3.65. The van der Waals surface area contributed by atoms with Gasteiger partial charge in [0.1, 0.15) is 11.9 Å². The van der Waals surface area contributed by atoms with E-state index in [2.05, 4.69) is 12.1 Å². The third kappa shape index (κ3) is 3.71. The number of hydrogen-bond donors (Lipinski definition) is 0. The first-order chi connectivity index (χ1) is 12.3. The van der Waals surface area contributed by atoms with Crippen LogP contribution in [-0.2, 0) is 12.8 Å². The molecule has 2 aliphatic rings. The van der Waals surface area contributed by atoms with Crippen LogP contribution in [0.3, 0.4) is 0 Å². The van der Waals surface area contributed by atoms with Gasteiger partial charge in [0.15, 0.2) is 0 Å². The van der Waals surface area contributed by atoms with Crippen molar-refractivity contribution in [1.29, 1.82) is 0 Å². The van der Waals surface area contributed by atoms with E-state index >= 15 is 0 Å². The molecule has 0 aromatic heterocycles. The Morgan fingerprint density at radius 1 is 0.920 bits per heavy atom. The summed E-state index contributed by atoms with van der Waals surface area (Å²) in [7, 11) is 0. The van der Waals surface area contributed by atoms with Crippen LogP contribution in [0.5, 0.6) is 5.75 Å². The van der Waals surface area contributed by atoms with Gasteiger partial charge >= 0.3 is 0 Å². The average molecular weight is 335 g/mol. The molecule has 25 heavy (non-hydrogen) atoms. The zero-order chi connectivity index (χ0) is 17.1. The van der Waals surface area contributed by atoms with Crippen LogP contribution >= 0.6 is 0 Å². The van der Waals surface area contributed by atoms with Crippen molar-refractivity contribution in [3.05, 3.63) is 65.2 Å². The SMILES string of the molecule is O=C(c1ccc2c(c1)CCCC2)N1CCC(Oc2ccccc2)CC1. The zero-order valence-corrected chi connectivity index (χ0v) is 14.6. The summed E-state index contributed by atoms with van der Waals surface area (Å²) >= 11 is 0. The summed E-state index contributed by atoms with van der Waals surface area (Å²) in [6, 6.07) is 16.3. The first-order valence-electron chi connectivity index (χ1n) is 9.42. The fourth-order valence-corrected chi connectivity index (χ4v) is 3.92. The zero-order valence-electron chi connectivity index (χ0n) is 14.6. The molecule has 0 unspecified atom stereocenters. The number of ether oxygens (including phenoxy) is 1. The van der Waals surface area contributed by atoms with Crippen LogP contribution in [0.4, 0.5) is 0 Å². The van der Waals surface area contributed by atoms with Gasteiger partial charge in [-0.3, -0.25) is 4.79 Å². The molecule has 0 atom stereocenters. The van der Waals surface area contributed by atoms with Crippen molar-refractivity contribution in [1.82, 2.24) is 4.90 Å². The largest absolute Gasteiger partial charge is 0.490 e. The first-order valence-corrected chi connectivity index (χ1v) is 9.42. The van der Waals surface area contributed by atoms with E-state index in [1.165, 1.54) is 24.0 Å². The van der Waals surface area contributed by atoms with Crippen molar-refractivity contribution in [2.24, 2.45) is 0 Å². The molecule has 1 saturated heterocycles. The molecular weight excluding hydrogens is 310 g/mol. The van der Waals surface area contributed by atoms with Crippen molar-refractivity contribution < 1.29 is 9.53 Å². The maximum absolute atomic E-state index is 12.8. The minimum atomic E-state index is 0.173. The third-order valence-electron chi connectivity index (χ3n) is 5.37. The number of piperidine rings is 1. The quantitative estimate of drug-likeness (QED) is 0.839. The van der Waals surface area contributed by atoms with Gasteiger partial charge in [0.2, 0.25) is 0 Å². The summed E-state index contributed by atoms with van der Waals surface area (Å²) in [6.45, 7) is 1.54. The minimum absolute atomic E-state index is 0.173. The van der Waals surface area contributed by atoms with Crippen LogP contribution in [-0.4, -0.2) is 30.0 Å². The number of nitrogens with zero attached hydrogens (tertiary/aromatic N) is 1. The van der Waals surface area contributed by atoms with Gasteiger partial charge in [0, 0.05) is 31.5 Å². The standard InChI is InChI=1S/C22H25NO2/c24-22(19-11-10-17-6-4-5-7-18(17)16-19)23-14-12-21(13-15-23)25-20-8-2-1-3-9-20/h1-3,8-11,16,21H,4-7,12-15H2. The van der Waals surface area contributed by atoms with Gasteiger partial charge in [-0.25, -0.2) is 0 Å². The molecule has 130 valence electrons. The topological polar surface area (TPSA) is 29.5 Å². The minimum Gasteiger partial charge on any atom is -0.490 e. The first kappa shape index (κ1) is 16.2. The van der Waals surface area contributed by atoms with Crippen LogP contribution in [0, 0.1) is 0 Å². The Morgan fingerprint density at radius 3 is 2.40 bits per heavy atom. The lowest BCUT2D eigenvalue weighted by Crippen LogP contribution is -2.41. The van der Waals surface area contributed by atoms with Crippen molar-refractivity contribution in [2.45, 2.75) is 44.6 Å². The van der Waals surface area contributed by atoms with E-state index in [1.54, 1.807) is 0 Å². The lowest BCUT2D eigenvalue weighted by atomic mass is 9.90. The number of para-hydroxylation sites is 1. The highest BCUT2D eigenvalue weighted by molar-refractivity contribution is 5.94. The van der Waals surface area contributed by atoms with Crippen molar-refractivity contribution in [3.63, 3.8) is 0 Å². The maximum Gasteiger partial charge on any atom is 0.253 e. The monoisotopic (exact) mass is 335 g/mol. The molecule has 3 nitrogen and oxygen atoms in total. The highest BCUT2D eigenvalue weighted by Crippen LogP contribution is 2.24. The lowest BCUT2D eigenvalue weighted by Gasteiger charge is -2.32. The number of likely N-dealkylation sites (tertiary alicyclic amines) is 1. The van der Waals surface area contributed by atoms with E-state index in [9.17, 15) is 4.79 Å². The Morgan fingerprint density at radius 2 is 1.64 bits per heavy atom. The number of amides is 1. The highest BCUT2D eigenvalue weighted by Gasteiger charge is 2.25.